The van der Waals surface area contributed by atoms with Crippen LogP contribution in [0.2, 0.25) is 0 Å². The van der Waals surface area contributed by atoms with Gasteiger partial charge in [-0.3, -0.25) is 9.59 Å². The fourth-order valence-corrected chi connectivity index (χ4v) is 2.38. The molecule has 18 heavy (non-hydrogen) atoms. The van der Waals surface area contributed by atoms with Crippen molar-refractivity contribution in [3.05, 3.63) is 0 Å². The lowest BCUT2D eigenvalue weighted by atomic mass is 9.95. The predicted molar refractivity (Wildman–Crippen MR) is 69.3 cm³/mol. The molecule has 0 aromatic carbocycles. The smallest absolute Gasteiger partial charge is 0.308 e. The zero-order chi connectivity index (χ0) is 13.5. The predicted octanol–water partition coefficient (Wildman–Crippen LogP) is 1.09. The molecule has 1 saturated carbocycles. The highest BCUT2D eigenvalue weighted by molar-refractivity contribution is 5.78. The van der Waals surface area contributed by atoms with Crippen molar-refractivity contribution in [1.29, 1.82) is 0 Å². The zero-order valence-corrected chi connectivity index (χ0v) is 11.3. The maximum absolute atomic E-state index is 11.8. The molecule has 1 fully saturated rings. The van der Waals surface area contributed by atoms with Gasteiger partial charge in [0.25, 0.3) is 0 Å². The summed E-state index contributed by atoms with van der Waals surface area (Å²) in [6.07, 6.45) is 4.89. The second-order valence-corrected chi connectivity index (χ2v) is 5.31. The summed E-state index contributed by atoms with van der Waals surface area (Å²) in [6.45, 7) is 0.691. The summed E-state index contributed by atoms with van der Waals surface area (Å²) >= 11 is 0. The van der Waals surface area contributed by atoms with Crippen LogP contribution >= 0.6 is 0 Å². The fraction of sp³-hybridized carbons (Fsp3) is 0.846. The second kappa shape index (κ2) is 7.36. The standard InChI is InChI=1S/C13H24N2O3/c1-15(2)9-8-12(16)14-11-7-5-3-4-6-10(11)13(17)18/h10-11H,3-9H2,1-2H3,(H,14,16)(H,17,18). The van der Waals surface area contributed by atoms with Crippen molar-refractivity contribution in [3.8, 4) is 0 Å². The third-order valence-corrected chi connectivity index (χ3v) is 3.47. The van der Waals surface area contributed by atoms with Gasteiger partial charge in [0.2, 0.25) is 5.91 Å². The van der Waals surface area contributed by atoms with E-state index in [9.17, 15) is 14.7 Å². The maximum Gasteiger partial charge on any atom is 0.308 e. The summed E-state index contributed by atoms with van der Waals surface area (Å²) in [5, 5.41) is 12.1. The Morgan fingerprint density at radius 1 is 1.22 bits per heavy atom. The molecule has 5 nitrogen and oxygen atoms in total. The van der Waals surface area contributed by atoms with Crippen molar-refractivity contribution in [1.82, 2.24) is 10.2 Å². The second-order valence-electron chi connectivity index (χ2n) is 5.31. The first-order chi connectivity index (χ1) is 8.50. The highest BCUT2D eigenvalue weighted by atomic mass is 16.4. The molecule has 0 heterocycles. The summed E-state index contributed by atoms with van der Waals surface area (Å²) in [7, 11) is 3.83. The monoisotopic (exact) mass is 256 g/mol. The van der Waals surface area contributed by atoms with Crippen LogP contribution in [0.1, 0.15) is 38.5 Å². The normalized spacial score (nSPS) is 24.6. The molecule has 2 atom stereocenters. The number of hydrogen-bond acceptors (Lipinski definition) is 3. The first-order valence-electron chi connectivity index (χ1n) is 6.67. The highest BCUT2D eigenvalue weighted by Gasteiger charge is 2.30. The van der Waals surface area contributed by atoms with E-state index in [1.54, 1.807) is 0 Å². The van der Waals surface area contributed by atoms with Crippen molar-refractivity contribution in [2.75, 3.05) is 20.6 Å². The molecule has 1 rings (SSSR count). The topological polar surface area (TPSA) is 69.6 Å². The van der Waals surface area contributed by atoms with Crippen LogP contribution in [0.4, 0.5) is 0 Å². The molecule has 0 aromatic heterocycles. The largest absolute Gasteiger partial charge is 0.481 e. The van der Waals surface area contributed by atoms with Gasteiger partial charge in [-0.15, -0.1) is 0 Å². The van der Waals surface area contributed by atoms with Crippen LogP contribution in [0.25, 0.3) is 0 Å². The zero-order valence-electron chi connectivity index (χ0n) is 11.3. The van der Waals surface area contributed by atoms with Gasteiger partial charge in [-0.25, -0.2) is 0 Å². The average molecular weight is 256 g/mol. The summed E-state index contributed by atoms with van der Waals surface area (Å²) in [6, 6.07) is -0.195. The third kappa shape index (κ3) is 5.04. The van der Waals surface area contributed by atoms with E-state index in [-0.39, 0.29) is 11.9 Å². The SMILES string of the molecule is CN(C)CCC(=O)NC1CCCCCC1C(=O)O. The number of aliphatic carboxylic acids is 1. The fourth-order valence-electron chi connectivity index (χ4n) is 2.38. The Morgan fingerprint density at radius 3 is 2.50 bits per heavy atom. The van der Waals surface area contributed by atoms with Gasteiger partial charge in [0.1, 0.15) is 0 Å². The van der Waals surface area contributed by atoms with Crippen LogP contribution in [0.3, 0.4) is 0 Å². The quantitative estimate of drug-likeness (QED) is 0.722. The van der Waals surface area contributed by atoms with Crippen LogP contribution in [-0.4, -0.2) is 48.6 Å². The molecule has 2 unspecified atom stereocenters. The summed E-state index contributed by atoms with van der Waals surface area (Å²) in [5.41, 5.74) is 0. The van der Waals surface area contributed by atoms with Crippen LogP contribution < -0.4 is 5.32 Å². The van der Waals surface area contributed by atoms with E-state index in [1.807, 2.05) is 19.0 Å². The Morgan fingerprint density at radius 2 is 1.89 bits per heavy atom. The van der Waals surface area contributed by atoms with Crippen molar-refractivity contribution < 1.29 is 14.7 Å². The van der Waals surface area contributed by atoms with Gasteiger partial charge in [-0.2, -0.15) is 0 Å². The van der Waals surface area contributed by atoms with Gasteiger partial charge < -0.3 is 15.3 Å². The summed E-state index contributed by atoms with van der Waals surface area (Å²) in [4.78, 5) is 24.9. The number of carbonyl (C=O) groups excluding carboxylic acids is 1. The summed E-state index contributed by atoms with van der Waals surface area (Å²) < 4.78 is 0. The maximum atomic E-state index is 11.8. The van der Waals surface area contributed by atoms with E-state index in [1.165, 1.54) is 0 Å². The molecule has 1 amide bonds. The first-order valence-corrected chi connectivity index (χ1v) is 6.67. The van der Waals surface area contributed by atoms with Gasteiger partial charge in [-0.1, -0.05) is 19.3 Å². The molecule has 2 N–H and O–H groups in total. The lowest BCUT2D eigenvalue weighted by molar-refractivity contribution is -0.143. The Hall–Kier alpha value is -1.10. The van der Waals surface area contributed by atoms with Crippen molar-refractivity contribution in [2.24, 2.45) is 5.92 Å². The van der Waals surface area contributed by atoms with Gasteiger partial charge >= 0.3 is 5.97 Å². The summed E-state index contributed by atoms with van der Waals surface area (Å²) in [5.74, 6) is -1.24. The van der Waals surface area contributed by atoms with Crippen molar-refractivity contribution in [2.45, 2.75) is 44.6 Å². The third-order valence-electron chi connectivity index (χ3n) is 3.47. The number of carboxylic acids is 1. The van der Waals surface area contributed by atoms with Gasteiger partial charge in [0.15, 0.2) is 0 Å². The lowest BCUT2D eigenvalue weighted by Crippen LogP contribution is -2.43. The molecule has 1 aliphatic carbocycles. The molecule has 104 valence electrons. The molecular formula is C13H24N2O3. The van der Waals surface area contributed by atoms with E-state index in [0.29, 0.717) is 19.4 Å². The Kier molecular flexibility index (Phi) is 6.12. The van der Waals surface area contributed by atoms with E-state index >= 15 is 0 Å². The number of rotatable bonds is 5. The highest BCUT2D eigenvalue weighted by Crippen LogP contribution is 2.23. The minimum atomic E-state index is -0.783. The van der Waals surface area contributed by atoms with Crippen molar-refractivity contribution >= 4 is 11.9 Å². The lowest BCUT2D eigenvalue weighted by Gasteiger charge is -2.23. The van der Waals surface area contributed by atoms with Crippen LogP contribution in [0, 0.1) is 5.92 Å². The number of carboxylic acid groups (broad SMARTS) is 1. The first kappa shape index (κ1) is 15.0. The van der Waals surface area contributed by atoms with E-state index < -0.39 is 11.9 Å². The van der Waals surface area contributed by atoms with E-state index in [2.05, 4.69) is 5.32 Å². The van der Waals surface area contributed by atoms with Gasteiger partial charge in [-0.05, 0) is 26.9 Å². The van der Waals surface area contributed by atoms with E-state index in [0.717, 1.165) is 25.7 Å². The Balaban J connectivity index is 2.49. The average Bonchev–Trinajstić information content (AvgIpc) is 2.51. The molecule has 0 radical (unpaired) electrons. The molecule has 0 bridgehead atoms. The van der Waals surface area contributed by atoms with Crippen molar-refractivity contribution in [3.63, 3.8) is 0 Å². The van der Waals surface area contributed by atoms with E-state index in [4.69, 9.17) is 0 Å². The Bertz CT molecular complexity index is 292. The number of carbonyl (C=O) groups is 2. The Labute approximate surface area is 109 Å². The van der Waals surface area contributed by atoms with Crippen LogP contribution in [-0.2, 0) is 9.59 Å². The number of amides is 1. The molecule has 0 saturated heterocycles. The van der Waals surface area contributed by atoms with Gasteiger partial charge in [0.05, 0.1) is 5.92 Å². The number of nitrogens with zero attached hydrogens (tertiary/aromatic N) is 1. The number of hydrogen-bond donors (Lipinski definition) is 2. The van der Waals surface area contributed by atoms with Gasteiger partial charge in [0, 0.05) is 19.0 Å². The molecule has 0 aliphatic heterocycles. The molecular weight excluding hydrogens is 232 g/mol. The molecule has 1 aliphatic rings. The van der Waals surface area contributed by atoms with Crippen LogP contribution in [0.15, 0.2) is 0 Å². The molecule has 0 spiro atoms. The minimum absolute atomic E-state index is 0.0400. The van der Waals surface area contributed by atoms with Crippen LogP contribution in [0.5, 0.6) is 0 Å². The molecule has 5 heteroatoms. The number of nitrogens with one attached hydrogen (secondary N) is 1. The molecule has 0 aromatic rings. The minimum Gasteiger partial charge on any atom is -0.481 e.